The Labute approximate surface area is 262 Å². The number of hydrogen-bond donors (Lipinski definition) is 0. The molecule has 6 aromatic rings. The van der Waals surface area contributed by atoms with Crippen molar-refractivity contribution in [2.75, 3.05) is 14.2 Å². The molecule has 0 saturated heterocycles. The van der Waals surface area contributed by atoms with Crippen LogP contribution in [0, 0.1) is 0 Å². The maximum atomic E-state index is 13.2. The fourth-order valence-corrected chi connectivity index (χ4v) is 5.16. The standard InChI is InChI=1S/C39H33NO5/c1-39(2,29-10-18-31(42-3)19-11-29)30-12-20-34(21-13-30)44-32-14-5-26(6-15-32)38(41)27-7-16-33(17-8-27)45-35-22-23-36-28(25-35)9-24-37(40-36)43-4/h5-25H,1-4H3. The molecule has 0 fully saturated rings. The predicted octanol–water partition coefficient (Wildman–Crippen LogP) is 9.39. The summed E-state index contributed by atoms with van der Waals surface area (Å²) >= 11 is 0. The third-order valence-corrected chi connectivity index (χ3v) is 7.94. The number of methoxy groups -OCH3 is 2. The zero-order valence-electron chi connectivity index (χ0n) is 25.6. The maximum absolute atomic E-state index is 13.2. The van der Waals surface area contributed by atoms with Crippen molar-refractivity contribution in [2.24, 2.45) is 0 Å². The number of nitrogens with zero attached hydrogens (tertiary/aromatic N) is 1. The lowest BCUT2D eigenvalue weighted by molar-refractivity contribution is 0.103. The fraction of sp³-hybridized carbons (Fsp3) is 0.128. The van der Waals surface area contributed by atoms with Crippen molar-refractivity contribution in [3.8, 4) is 34.6 Å². The molecule has 0 aliphatic heterocycles. The first-order valence-electron chi connectivity index (χ1n) is 14.6. The molecular formula is C39H33NO5. The Morgan fingerprint density at radius 1 is 0.533 bits per heavy atom. The van der Waals surface area contributed by atoms with Crippen molar-refractivity contribution in [3.63, 3.8) is 0 Å². The van der Waals surface area contributed by atoms with Gasteiger partial charge in [0.25, 0.3) is 0 Å². The highest BCUT2D eigenvalue weighted by molar-refractivity contribution is 6.09. The number of ether oxygens (including phenoxy) is 4. The first-order valence-corrected chi connectivity index (χ1v) is 14.6. The molecule has 0 spiro atoms. The van der Waals surface area contributed by atoms with E-state index in [1.807, 2.05) is 66.7 Å². The van der Waals surface area contributed by atoms with Gasteiger partial charge in [-0.2, -0.15) is 0 Å². The molecule has 6 heteroatoms. The number of aromatic nitrogens is 1. The smallest absolute Gasteiger partial charge is 0.213 e. The summed E-state index contributed by atoms with van der Waals surface area (Å²) in [5.74, 6) is 4.02. The van der Waals surface area contributed by atoms with Crippen LogP contribution in [0.5, 0.6) is 34.6 Å². The van der Waals surface area contributed by atoms with Gasteiger partial charge in [-0.05, 0) is 108 Å². The third kappa shape index (κ3) is 6.50. The van der Waals surface area contributed by atoms with E-state index in [0.29, 0.717) is 34.3 Å². The second-order valence-electron chi connectivity index (χ2n) is 11.2. The lowest BCUT2D eigenvalue weighted by Crippen LogP contribution is -2.18. The fourth-order valence-electron chi connectivity index (χ4n) is 5.16. The van der Waals surface area contributed by atoms with Gasteiger partial charge in [-0.1, -0.05) is 38.1 Å². The predicted molar refractivity (Wildman–Crippen MR) is 176 cm³/mol. The number of carbonyl (C=O) groups is 1. The van der Waals surface area contributed by atoms with E-state index in [9.17, 15) is 4.79 Å². The number of carbonyl (C=O) groups excluding carboxylic acids is 1. The molecule has 0 N–H and O–H groups in total. The van der Waals surface area contributed by atoms with Crippen LogP contribution in [-0.2, 0) is 5.41 Å². The summed E-state index contributed by atoms with van der Waals surface area (Å²) in [6.45, 7) is 4.39. The molecule has 224 valence electrons. The van der Waals surface area contributed by atoms with Gasteiger partial charge >= 0.3 is 0 Å². The van der Waals surface area contributed by atoms with Crippen LogP contribution in [0.3, 0.4) is 0 Å². The Bertz CT molecular complexity index is 1930. The highest BCUT2D eigenvalue weighted by Crippen LogP contribution is 2.34. The zero-order valence-corrected chi connectivity index (χ0v) is 25.6. The average Bonchev–Trinajstić information content (AvgIpc) is 3.08. The number of rotatable bonds is 10. The van der Waals surface area contributed by atoms with Crippen LogP contribution in [0.25, 0.3) is 10.9 Å². The molecule has 0 aliphatic carbocycles. The van der Waals surface area contributed by atoms with Crippen LogP contribution in [0.15, 0.2) is 127 Å². The summed E-state index contributed by atoms with van der Waals surface area (Å²) in [6.07, 6.45) is 0. The van der Waals surface area contributed by atoms with Crippen LogP contribution >= 0.6 is 0 Å². The second-order valence-corrected chi connectivity index (χ2v) is 11.2. The van der Waals surface area contributed by atoms with Gasteiger partial charge in [0.2, 0.25) is 5.88 Å². The summed E-state index contributed by atoms with van der Waals surface area (Å²) in [7, 11) is 3.26. The monoisotopic (exact) mass is 595 g/mol. The van der Waals surface area contributed by atoms with E-state index < -0.39 is 0 Å². The number of fused-ring (bicyclic) bond motifs is 1. The molecule has 6 rings (SSSR count). The first-order chi connectivity index (χ1) is 21.8. The van der Waals surface area contributed by atoms with E-state index in [1.165, 1.54) is 11.1 Å². The van der Waals surface area contributed by atoms with Crippen LogP contribution < -0.4 is 18.9 Å². The maximum Gasteiger partial charge on any atom is 0.213 e. The van der Waals surface area contributed by atoms with Crippen LogP contribution in [0.4, 0.5) is 0 Å². The van der Waals surface area contributed by atoms with Gasteiger partial charge in [0.15, 0.2) is 5.78 Å². The van der Waals surface area contributed by atoms with Crippen LogP contribution in [0.2, 0.25) is 0 Å². The molecule has 0 amide bonds. The minimum absolute atomic E-state index is 0.0797. The molecule has 45 heavy (non-hydrogen) atoms. The lowest BCUT2D eigenvalue weighted by atomic mass is 9.78. The van der Waals surface area contributed by atoms with Crippen molar-refractivity contribution in [2.45, 2.75) is 19.3 Å². The molecule has 1 aromatic heterocycles. The lowest BCUT2D eigenvalue weighted by Gasteiger charge is -2.26. The summed E-state index contributed by atoms with van der Waals surface area (Å²) in [4.78, 5) is 17.6. The molecule has 1 heterocycles. The van der Waals surface area contributed by atoms with Gasteiger partial charge in [-0.15, -0.1) is 0 Å². The van der Waals surface area contributed by atoms with Gasteiger partial charge in [0.1, 0.15) is 28.7 Å². The largest absolute Gasteiger partial charge is 0.497 e. The average molecular weight is 596 g/mol. The third-order valence-electron chi connectivity index (χ3n) is 7.94. The quantitative estimate of drug-likeness (QED) is 0.147. The first kappa shape index (κ1) is 29.5. The van der Waals surface area contributed by atoms with Crippen LogP contribution in [0.1, 0.15) is 40.9 Å². The van der Waals surface area contributed by atoms with E-state index in [0.717, 1.165) is 22.4 Å². The van der Waals surface area contributed by atoms with Gasteiger partial charge in [0, 0.05) is 28.0 Å². The Morgan fingerprint density at radius 2 is 1.00 bits per heavy atom. The summed E-state index contributed by atoms with van der Waals surface area (Å²) in [6, 6.07) is 40.0. The topological polar surface area (TPSA) is 66.9 Å². The normalized spacial score (nSPS) is 11.2. The molecule has 6 nitrogen and oxygen atoms in total. The number of hydrogen-bond acceptors (Lipinski definition) is 6. The summed E-state index contributed by atoms with van der Waals surface area (Å²) < 4.78 is 22.6. The molecule has 0 unspecified atom stereocenters. The molecular weight excluding hydrogens is 562 g/mol. The SMILES string of the molecule is COc1ccc(C(C)(C)c2ccc(Oc3ccc(C(=O)c4ccc(Oc5ccc6nc(OC)ccc6c5)cc4)cc3)cc2)cc1. The van der Waals surface area contributed by atoms with Crippen LogP contribution in [-0.4, -0.2) is 25.0 Å². The Kier molecular flexibility index (Phi) is 8.21. The minimum Gasteiger partial charge on any atom is -0.497 e. The number of ketones is 1. The van der Waals surface area contributed by atoms with E-state index in [4.69, 9.17) is 18.9 Å². The molecule has 0 aliphatic rings. The summed E-state index contributed by atoms with van der Waals surface area (Å²) in [5.41, 5.74) is 4.16. The molecule has 0 radical (unpaired) electrons. The molecule has 0 atom stereocenters. The highest BCUT2D eigenvalue weighted by atomic mass is 16.5. The van der Waals surface area contributed by atoms with Gasteiger partial charge in [0.05, 0.1) is 19.7 Å². The van der Waals surface area contributed by atoms with Crippen molar-refractivity contribution in [1.82, 2.24) is 4.98 Å². The van der Waals surface area contributed by atoms with Gasteiger partial charge in [-0.3, -0.25) is 4.79 Å². The number of benzene rings is 5. The van der Waals surface area contributed by atoms with Gasteiger partial charge in [-0.25, -0.2) is 4.98 Å². The van der Waals surface area contributed by atoms with Crippen molar-refractivity contribution in [1.29, 1.82) is 0 Å². The van der Waals surface area contributed by atoms with Crippen molar-refractivity contribution in [3.05, 3.63) is 150 Å². The van der Waals surface area contributed by atoms with Crippen molar-refractivity contribution >= 4 is 16.7 Å². The molecule has 0 bridgehead atoms. The Balaban J connectivity index is 1.07. The van der Waals surface area contributed by atoms with E-state index in [2.05, 4.69) is 43.1 Å². The Morgan fingerprint density at radius 3 is 1.51 bits per heavy atom. The molecule has 0 saturated carbocycles. The van der Waals surface area contributed by atoms with E-state index in [1.54, 1.807) is 50.6 Å². The van der Waals surface area contributed by atoms with Crippen molar-refractivity contribution < 1.29 is 23.7 Å². The second kappa shape index (κ2) is 12.5. The zero-order chi connectivity index (χ0) is 31.4. The summed E-state index contributed by atoms with van der Waals surface area (Å²) in [5, 5.41) is 0.943. The van der Waals surface area contributed by atoms with E-state index in [-0.39, 0.29) is 11.2 Å². The highest BCUT2D eigenvalue weighted by Gasteiger charge is 2.23. The van der Waals surface area contributed by atoms with E-state index >= 15 is 0 Å². The Hall–Kier alpha value is -5.62. The minimum atomic E-state index is -0.180. The number of pyridine rings is 1. The molecule has 5 aromatic carbocycles. The van der Waals surface area contributed by atoms with Gasteiger partial charge < -0.3 is 18.9 Å².